The molecule has 0 saturated heterocycles. The van der Waals surface area contributed by atoms with E-state index in [1.807, 2.05) is 6.92 Å². The molecule has 1 aromatic heterocycles. The van der Waals surface area contributed by atoms with Gasteiger partial charge in [-0.3, -0.25) is 0 Å². The number of aromatic nitrogens is 1. The fraction of sp³-hybridized carbons (Fsp3) is 0.300. The molecular weight excluding hydrogens is 306 g/mol. The molecule has 0 amide bonds. The van der Waals surface area contributed by atoms with Crippen LogP contribution in [-0.4, -0.2) is 11.5 Å². The van der Waals surface area contributed by atoms with Crippen LogP contribution in [0.3, 0.4) is 0 Å². The van der Waals surface area contributed by atoms with Gasteiger partial charge in [-0.1, -0.05) is 6.07 Å². The summed E-state index contributed by atoms with van der Waals surface area (Å²) in [7, 11) is 0. The summed E-state index contributed by atoms with van der Waals surface area (Å²) in [6, 6.07) is 7.94. The Morgan fingerprint density at radius 1 is 1.04 bits per heavy atom. The second kappa shape index (κ2) is 6.73. The van der Waals surface area contributed by atoms with Gasteiger partial charge >= 0.3 is 0 Å². The highest BCUT2D eigenvalue weighted by atomic mass is 19.1. The number of benzene rings is 2. The highest BCUT2D eigenvalue weighted by Crippen LogP contribution is 2.35. The van der Waals surface area contributed by atoms with Gasteiger partial charge < -0.3 is 10.7 Å². The smallest absolute Gasteiger partial charge is 0.135 e. The zero-order valence-corrected chi connectivity index (χ0v) is 14.0. The van der Waals surface area contributed by atoms with Crippen molar-refractivity contribution in [3.05, 3.63) is 58.7 Å². The van der Waals surface area contributed by atoms with Crippen molar-refractivity contribution in [3.63, 3.8) is 0 Å². The fourth-order valence-corrected chi connectivity index (χ4v) is 3.42. The fourth-order valence-electron chi connectivity index (χ4n) is 3.42. The Kier molecular flexibility index (Phi) is 4.67. The first kappa shape index (κ1) is 16.7. The van der Waals surface area contributed by atoms with Gasteiger partial charge in [-0.25, -0.2) is 8.78 Å². The molecule has 0 radical (unpaired) electrons. The summed E-state index contributed by atoms with van der Waals surface area (Å²) >= 11 is 0. The Hall–Kier alpha value is -2.20. The minimum atomic E-state index is -0.566. The maximum atomic E-state index is 14.3. The summed E-state index contributed by atoms with van der Waals surface area (Å²) in [4.78, 5) is 3.36. The molecule has 0 fully saturated rings. The van der Waals surface area contributed by atoms with E-state index >= 15 is 0 Å². The van der Waals surface area contributed by atoms with E-state index in [4.69, 9.17) is 5.73 Å². The number of fused-ring (bicyclic) bond motifs is 1. The van der Waals surface area contributed by atoms with Gasteiger partial charge in [0.2, 0.25) is 0 Å². The molecule has 0 aliphatic heterocycles. The molecule has 2 nitrogen and oxygen atoms in total. The lowest BCUT2D eigenvalue weighted by molar-refractivity contribution is 0.585. The van der Waals surface area contributed by atoms with Gasteiger partial charge in [0.1, 0.15) is 11.6 Å². The maximum Gasteiger partial charge on any atom is 0.135 e. The molecule has 0 saturated carbocycles. The lowest BCUT2D eigenvalue weighted by Crippen LogP contribution is -2.00. The summed E-state index contributed by atoms with van der Waals surface area (Å²) in [5, 5.41) is 1.14. The number of nitrogens with one attached hydrogen (secondary N) is 1. The number of H-pyrrole nitrogens is 1. The van der Waals surface area contributed by atoms with Crippen molar-refractivity contribution < 1.29 is 8.78 Å². The topological polar surface area (TPSA) is 41.8 Å². The average molecular weight is 328 g/mol. The molecule has 3 rings (SSSR count). The van der Waals surface area contributed by atoms with Crippen molar-refractivity contribution in [1.82, 2.24) is 4.98 Å². The SMILES string of the molecule is Cc1cc(C)c2c(CCCCN)c(-c3ccc(F)cc3F)[nH]c2c1. The summed E-state index contributed by atoms with van der Waals surface area (Å²) in [5.74, 6) is -1.11. The molecule has 126 valence electrons. The number of hydrogen-bond acceptors (Lipinski definition) is 1. The number of aryl methyl sites for hydroxylation is 3. The van der Waals surface area contributed by atoms with Crippen molar-refractivity contribution in [2.45, 2.75) is 33.1 Å². The minimum Gasteiger partial charge on any atom is -0.354 e. The lowest BCUT2D eigenvalue weighted by atomic mass is 9.97. The van der Waals surface area contributed by atoms with Gasteiger partial charge in [0, 0.05) is 22.5 Å². The van der Waals surface area contributed by atoms with E-state index in [0.717, 1.165) is 58.6 Å². The average Bonchev–Trinajstić information content (AvgIpc) is 2.86. The van der Waals surface area contributed by atoms with Gasteiger partial charge in [0.15, 0.2) is 0 Å². The third-order valence-corrected chi connectivity index (χ3v) is 4.42. The van der Waals surface area contributed by atoms with Crippen LogP contribution in [0.5, 0.6) is 0 Å². The standard InChI is InChI=1S/C20H22F2N2/c1-12-9-13(2)19-16(5-3-4-8-23)20(24-18(19)10-12)15-7-6-14(21)11-17(15)22/h6-7,9-11,24H,3-5,8,23H2,1-2H3. The number of halogens is 2. The largest absolute Gasteiger partial charge is 0.354 e. The number of nitrogens with two attached hydrogens (primary N) is 1. The van der Waals surface area contributed by atoms with E-state index in [-0.39, 0.29) is 0 Å². The van der Waals surface area contributed by atoms with E-state index in [0.29, 0.717) is 12.1 Å². The van der Waals surface area contributed by atoms with Crippen molar-refractivity contribution in [3.8, 4) is 11.3 Å². The summed E-state index contributed by atoms with van der Waals surface area (Å²) in [6.07, 6.45) is 2.67. The zero-order valence-electron chi connectivity index (χ0n) is 14.0. The van der Waals surface area contributed by atoms with E-state index in [1.165, 1.54) is 12.1 Å². The molecule has 0 bridgehead atoms. The Balaban J connectivity index is 2.21. The van der Waals surface area contributed by atoms with Gasteiger partial charge in [-0.2, -0.15) is 0 Å². The van der Waals surface area contributed by atoms with Crippen LogP contribution in [0.2, 0.25) is 0 Å². The molecule has 0 aliphatic rings. The molecule has 24 heavy (non-hydrogen) atoms. The Morgan fingerprint density at radius 3 is 2.54 bits per heavy atom. The molecule has 0 aliphatic carbocycles. The number of rotatable bonds is 5. The van der Waals surface area contributed by atoms with Crippen LogP contribution in [0, 0.1) is 25.5 Å². The predicted molar refractivity (Wildman–Crippen MR) is 95.1 cm³/mol. The molecule has 0 spiro atoms. The first-order valence-corrected chi connectivity index (χ1v) is 8.28. The van der Waals surface area contributed by atoms with Crippen molar-refractivity contribution in [2.24, 2.45) is 5.73 Å². The molecule has 1 heterocycles. The van der Waals surface area contributed by atoms with E-state index < -0.39 is 11.6 Å². The first-order valence-electron chi connectivity index (χ1n) is 8.28. The summed E-state index contributed by atoms with van der Waals surface area (Å²) in [6.45, 7) is 4.75. The third kappa shape index (κ3) is 3.06. The van der Waals surface area contributed by atoms with Crippen LogP contribution < -0.4 is 5.73 Å². The molecule has 0 unspecified atom stereocenters. The van der Waals surface area contributed by atoms with Crippen molar-refractivity contribution in [2.75, 3.05) is 6.54 Å². The minimum absolute atomic E-state index is 0.410. The van der Waals surface area contributed by atoms with Crippen molar-refractivity contribution in [1.29, 1.82) is 0 Å². The Morgan fingerprint density at radius 2 is 1.83 bits per heavy atom. The van der Waals surface area contributed by atoms with Gasteiger partial charge in [0.25, 0.3) is 0 Å². The van der Waals surface area contributed by atoms with Gasteiger partial charge in [-0.15, -0.1) is 0 Å². The van der Waals surface area contributed by atoms with E-state index in [2.05, 4.69) is 24.0 Å². The second-order valence-electron chi connectivity index (χ2n) is 6.35. The molecule has 3 aromatic rings. The van der Waals surface area contributed by atoms with Gasteiger partial charge in [0.05, 0.1) is 5.69 Å². The summed E-state index contributed by atoms with van der Waals surface area (Å²) in [5.41, 5.74) is 11.2. The van der Waals surface area contributed by atoms with Crippen LogP contribution in [0.15, 0.2) is 30.3 Å². The monoisotopic (exact) mass is 328 g/mol. The second-order valence-corrected chi connectivity index (χ2v) is 6.35. The van der Waals surface area contributed by atoms with Crippen LogP contribution in [0.25, 0.3) is 22.2 Å². The Labute approximate surface area is 140 Å². The van der Waals surface area contributed by atoms with E-state index in [9.17, 15) is 8.78 Å². The molecule has 4 heteroatoms. The van der Waals surface area contributed by atoms with Crippen LogP contribution in [0.1, 0.15) is 29.5 Å². The van der Waals surface area contributed by atoms with Crippen LogP contribution in [-0.2, 0) is 6.42 Å². The molecule has 2 aromatic carbocycles. The lowest BCUT2D eigenvalue weighted by Gasteiger charge is -2.08. The molecule has 3 N–H and O–H groups in total. The van der Waals surface area contributed by atoms with Gasteiger partial charge in [-0.05, 0) is 74.5 Å². The quantitative estimate of drug-likeness (QED) is 0.635. The summed E-state index contributed by atoms with van der Waals surface area (Å²) < 4.78 is 27.6. The number of hydrogen-bond donors (Lipinski definition) is 2. The number of aromatic amines is 1. The highest BCUT2D eigenvalue weighted by Gasteiger charge is 2.18. The van der Waals surface area contributed by atoms with Crippen LogP contribution >= 0.6 is 0 Å². The third-order valence-electron chi connectivity index (χ3n) is 4.42. The highest BCUT2D eigenvalue weighted by molar-refractivity contribution is 5.93. The molecule has 0 atom stereocenters. The normalized spacial score (nSPS) is 11.4. The first-order chi connectivity index (χ1) is 11.5. The van der Waals surface area contributed by atoms with E-state index in [1.54, 1.807) is 0 Å². The van der Waals surface area contributed by atoms with Crippen molar-refractivity contribution >= 4 is 10.9 Å². The van der Waals surface area contributed by atoms with Crippen LogP contribution in [0.4, 0.5) is 8.78 Å². The molecular formula is C20H22F2N2. The number of unbranched alkanes of at least 4 members (excludes halogenated alkanes) is 1. The maximum absolute atomic E-state index is 14.3. The Bertz CT molecular complexity index is 881. The predicted octanol–water partition coefficient (Wildman–Crippen LogP) is 5.01. The zero-order chi connectivity index (χ0) is 17.3.